The Hall–Kier alpha value is -1.75. The Balaban J connectivity index is 1.71. The minimum absolute atomic E-state index is 0.209. The molecule has 0 radical (unpaired) electrons. The zero-order valence-corrected chi connectivity index (χ0v) is 17.0. The molecule has 1 aliphatic heterocycles. The minimum Gasteiger partial charge on any atom is -0.493 e. The van der Waals surface area contributed by atoms with Crippen molar-refractivity contribution in [1.82, 2.24) is 9.80 Å². The Kier molecular flexibility index (Phi) is 4.95. The van der Waals surface area contributed by atoms with Crippen LogP contribution in [0.3, 0.4) is 0 Å². The molecule has 3 rings (SSSR count). The van der Waals surface area contributed by atoms with Crippen LogP contribution in [-0.2, 0) is 11.2 Å². The van der Waals surface area contributed by atoms with Crippen LogP contribution in [0.4, 0.5) is 0 Å². The normalized spacial score (nSPS) is 26.4. The number of hydrogen-bond donors (Lipinski definition) is 0. The fourth-order valence-electron chi connectivity index (χ4n) is 5.44. The van der Waals surface area contributed by atoms with Gasteiger partial charge in [-0.3, -0.25) is 4.79 Å². The van der Waals surface area contributed by atoms with E-state index in [0.717, 1.165) is 25.2 Å². The monoisotopic (exact) mass is 360 g/mol. The number of hydrogen-bond acceptors (Lipinski definition) is 4. The van der Waals surface area contributed by atoms with Gasteiger partial charge in [0.2, 0.25) is 5.91 Å². The van der Waals surface area contributed by atoms with Crippen molar-refractivity contribution in [1.29, 1.82) is 0 Å². The van der Waals surface area contributed by atoms with Crippen LogP contribution in [0.1, 0.15) is 25.8 Å². The summed E-state index contributed by atoms with van der Waals surface area (Å²) in [6.07, 6.45) is 1.61. The number of ether oxygens (including phenoxy) is 2. The van der Waals surface area contributed by atoms with Crippen LogP contribution in [0.5, 0.6) is 11.5 Å². The van der Waals surface area contributed by atoms with Crippen molar-refractivity contribution in [2.45, 2.75) is 26.7 Å². The van der Waals surface area contributed by atoms with Crippen LogP contribution < -0.4 is 9.47 Å². The molecule has 2 fully saturated rings. The fraction of sp³-hybridized carbons (Fsp3) is 0.667. The van der Waals surface area contributed by atoms with Gasteiger partial charge < -0.3 is 19.3 Å². The van der Waals surface area contributed by atoms with E-state index in [1.807, 2.05) is 18.2 Å². The van der Waals surface area contributed by atoms with Crippen molar-refractivity contribution in [2.24, 2.45) is 16.7 Å². The number of carbonyl (C=O) groups is 1. The Morgan fingerprint density at radius 1 is 1.23 bits per heavy atom. The van der Waals surface area contributed by atoms with Gasteiger partial charge in [-0.2, -0.15) is 0 Å². The Morgan fingerprint density at radius 2 is 1.92 bits per heavy atom. The summed E-state index contributed by atoms with van der Waals surface area (Å²) in [4.78, 5) is 17.3. The molecule has 2 aliphatic rings. The van der Waals surface area contributed by atoms with Gasteiger partial charge in [0.25, 0.3) is 0 Å². The summed E-state index contributed by atoms with van der Waals surface area (Å²) in [5.41, 5.74) is 1.56. The van der Waals surface area contributed by atoms with E-state index in [2.05, 4.69) is 37.7 Å². The molecule has 1 saturated heterocycles. The fourth-order valence-corrected chi connectivity index (χ4v) is 5.44. The molecule has 26 heavy (non-hydrogen) atoms. The van der Waals surface area contributed by atoms with E-state index in [-0.39, 0.29) is 11.3 Å². The van der Waals surface area contributed by atoms with Crippen molar-refractivity contribution < 1.29 is 14.3 Å². The summed E-state index contributed by atoms with van der Waals surface area (Å²) in [6.45, 7) is 7.50. The second kappa shape index (κ2) is 6.76. The maximum Gasteiger partial charge on any atom is 0.227 e. The molecule has 5 nitrogen and oxygen atoms in total. The number of fused-ring (bicyclic) bond motifs is 1. The van der Waals surface area contributed by atoms with E-state index < -0.39 is 0 Å². The molecule has 2 atom stereocenters. The van der Waals surface area contributed by atoms with E-state index in [9.17, 15) is 4.79 Å². The van der Waals surface area contributed by atoms with Gasteiger partial charge >= 0.3 is 0 Å². The third-order valence-electron chi connectivity index (χ3n) is 6.19. The highest BCUT2D eigenvalue weighted by Gasteiger charge is 2.63. The van der Waals surface area contributed by atoms with Crippen molar-refractivity contribution in [3.05, 3.63) is 23.8 Å². The zero-order chi connectivity index (χ0) is 19.1. The van der Waals surface area contributed by atoms with Gasteiger partial charge in [-0.05, 0) is 49.5 Å². The van der Waals surface area contributed by atoms with Crippen molar-refractivity contribution in [3.8, 4) is 11.5 Å². The van der Waals surface area contributed by atoms with Gasteiger partial charge in [0.05, 0.1) is 20.6 Å². The van der Waals surface area contributed by atoms with Gasteiger partial charge in [0, 0.05) is 25.0 Å². The van der Waals surface area contributed by atoms with Gasteiger partial charge in [-0.1, -0.05) is 19.9 Å². The standard InChI is InChI=1S/C21H32N2O3/c1-20(2)12-21(13-22(3)4)14-23(11-18(20)21)19(24)10-15-7-8-16(25-5)17(9-15)26-6/h7-9,18H,10-14H2,1-6H3/t18-,21+/m1/s1. The number of nitrogens with zero attached hydrogens (tertiary/aromatic N) is 2. The Bertz CT molecular complexity index is 682. The molecule has 1 aliphatic carbocycles. The molecule has 1 amide bonds. The van der Waals surface area contributed by atoms with Crippen molar-refractivity contribution in [2.75, 3.05) is 47.9 Å². The molecular formula is C21H32N2O3. The summed E-state index contributed by atoms with van der Waals surface area (Å²) in [7, 11) is 7.50. The third kappa shape index (κ3) is 3.29. The minimum atomic E-state index is 0.209. The predicted octanol–water partition coefficient (Wildman–Crippen LogP) is 2.68. The molecular weight excluding hydrogens is 328 g/mol. The quantitative estimate of drug-likeness (QED) is 0.782. The van der Waals surface area contributed by atoms with Gasteiger partial charge in [-0.25, -0.2) is 0 Å². The van der Waals surface area contributed by atoms with Crippen LogP contribution in [0.25, 0.3) is 0 Å². The van der Waals surface area contributed by atoms with Crippen molar-refractivity contribution >= 4 is 5.91 Å². The van der Waals surface area contributed by atoms with Crippen LogP contribution in [0.15, 0.2) is 18.2 Å². The molecule has 1 aromatic carbocycles. The Morgan fingerprint density at radius 3 is 2.50 bits per heavy atom. The zero-order valence-electron chi connectivity index (χ0n) is 17.0. The summed E-state index contributed by atoms with van der Waals surface area (Å²) in [6, 6.07) is 5.72. The molecule has 5 heteroatoms. The number of benzene rings is 1. The van der Waals surface area contributed by atoms with Crippen LogP contribution in [0.2, 0.25) is 0 Å². The molecule has 0 bridgehead atoms. The molecule has 1 saturated carbocycles. The highest BCUT2D eigenvalue weighted by molar-refractivity contribution is 5.79. The first-order chi connectivity index (χ1) is 12.2. The molecule has 0 spiro atoms. The van der Waals surface area contributed by atoms with Gasteiger partial charge in [0.15, 0.2) is 11.5 Å². The lowest BCUT2D eigenvalue weighted by atomic mass is 9.48. The molecule has 0 aromatic heterocycles. The van der Waals surface area contributed by atoms with Gasteiger partial charge in [0.1, 0.15) is 0 Å². The van der Waals surface area contributed by atoms with E-state index >= 15 is 0 Å². The number of likely N-dealkylation sites (tertiary alicyclic amines) is 1. The lowest BCUT2D eigenvalue weighted by Gasteiger charge is -2.57. The number of carbonyl (C=O) groups excluding carboxylic acids is 1. The largest absolute Gasteiger partial charge is 0.493 e. The lowest BCUT2D eigenvalue weighted by molar-refractivity contribution is -0.129. The second-order valence-electron chi connectivity index (χ2n) is 8.96. The van der Waals surface area contributed by atoms with Crippen LogP contribution in [-0.4, -0.2) is 63.7 Å². The average molecular weight is 360 g/mol. The van der Waals surface area contributed by atoms with Crippen molar-refractivity contribution in [3.63, 3.8) is 0 Å². The number of amides is 1. The summed E-state index contributed by atoms with van der Waals surface area (Å²) >= 11 is 0. The first kappa shape index (κ1) is 19.0. The second-order valence-corrected chi connectivity index (χ2v) is 8.96. The number of methoxy groups -OCH3 is 2. The SMILES string of the molecule is COc1ccc(CC(=O)N2C[C@@H]3C(C)(C)C[C@]3(CN(C)C)C2)cc1OC. The maximum absolute atomic E-state index is 13.0. The van der Waals surface area contributed by atoms with E-state index in [4.69, 9.17) is 9.47 Å². The highest BCUT2D eigenvalue weighted by atomic mass is 16.5. The third-order valence-corrected chi connectivity index (χ3v) is 6.19. The molecule has 1 aromatic rings. The van der Waals surface area contributed by atoms with E-state index in [0.29, 0.717) is 29.3 Å². The van der Waals surface area contributed by atoms with E-state index in [1.54, 1.807) is 14.2 Å². The predicted molar refractivity (Wildman–Crippen MR) is 103 cm³/mol. The van der Waals surface area contributed by atoms with E-state index in [1.165, 1.54) is 6.42 Å². The first-order valence-corrected chi connectivity index (χ1v) is 9.34. The first-order valence-electron chi connectivity index (χ1n) is 9.34. The molecule has 0 unspecified atom stereocenters. The summed E-state index contributed by atoms with van der Waals surface area (Å²) in [5, 5.41) is 0. The summed E-state index contributed by atoms with van der Waals surface area (Å²) < 4.78 is 10.6. The molecule has 0 N–H and O–H groups in total. The van der Waals surface area contributed by atoms with Crippen LogP contribution >= 0.6 is 0 Å². The summed E-state index contributed by atoms with van der Waals surface area (Å²) in [5.74, 6) is 2.16. The highest BCUT2D eigenvalue weighted by Crippen LogP contribution is 2.62. The van der Waals surface area contributed by atoms with Crippen LogP contribution in [0, 0.1) is 16.7 Å². The van der Waals surface area contributed by atoms with Gasteiger partial charge in [-0.15, -0.1) is 0 Å². The number of rotatable bonds is 6. The Labute approximate surface area is 157 Å². The average Bonchev–Trinajstić information content (AvgIpc) is 2.88. The smallest absolute Gasteiger partial charge is 0.227 e. The molecule has 144 valence electrons. The lowest BCUT2D eigenvalue weighted by Crippen LogP contribution is -2.57. The molecule has 1 heterocycles. The topological polar surface area (TPSA) is 42.0 Å². The maximum atomic E-state index is 13.0.